The number of allylic oxidation sites excluding steroid dienone is 2. The van der Waals surface area contributed by atoms with E-state index in [0.717, 1.165) is 12.0 Å². The van der Waals surface area contributed by atoms with E-state index in [1.54, 1.807) is 6.08 Å². The summed E-state index contributed by atoms with van der Waals surface area (Å²) in [5, 5.41) is 19.7. The molecule has 0 aromatic carbocycles. The third kappa shape index (κ3) is 2.95. The van der Waals surface area contributed by atoms with Gasteiger partial charge < -0.3 is 10.2 Å². The lowest BCUT2D eigenvalue weighted by molar-refractivity contribution is 0.0785. The van der Waals surface area contributed by atoms with Crippen LogP contribution in [-0.4, -0.2) is 20.1 Å². The summed E-state index contributed by atoms with van der Waals surface area (Å²) in [6, 6.07) is 0. The van der Waals surface area contributed by atoms with E-state index < -0.39 is 9.87 Å². The first-order valence-electron chi connectivity index (χ1n) is 6.65. The third-order valence-corrected chi connectivity index (χ3v) is 4.80. The average molecular weight is 254 g/mol. The van der Waals surface area contributed by atoms with Gasteiger partial charge in [-0.05, 0) is 30.6 Å². The van der Waals surface area contributed by atoms with E-state index in [0.29, 0.717) is 0 Å². The van der Waals surface area contributed by atoms with Crippen molar-refractivity contribution >= 4 is 11.8 Å². The fraction of sp³-hybridized carbons (Fsp3) is 0.714. The molecule has 2 atom stereocenters. The molecule has 1 aliphatic carbocycles. The summed E-state index contributed by atoms with van der Waals surface area (Å²) in [5.74, 6) is 0. The first kappa shape index (κ1) is 13.2. The molecule has 0 aromatic heterocycles. The first-order valence-corrected chi connectivity index (χ1v) is 7.47. The van der Waals surface area contributed by atoms with Crippen LogP contribution in [0.15, 0.2) is 23.8 Å². The predicted molar refractivity (Wildman–Crippen MR) is 72.7 cm³/mol. The van der Waals surface area contributed by atoms with Crippen molar-refractivity contribution in [2.75, 3.05) is 0 Å². The van der Waals surface area contributed by atoms with Gasteiger partial charge in [0.15, 0.2) is 9.87 Å². The minimum absolute atomic E-state index is 1.02. The van der Waals surface area contributed by atoms with Crippen LogP contribution < -0.4 is 0 Å². The molecule has 2 nitrogen and oxygen atoms in total. The SMILES string of the molecule is CCCCCCCCC1=CC2(O)SC2(O)C=C1. The Hall–Kier alpha value is -0.250. The Morgan fingerprint density at radius 1 is 1.06 bits per heavy atom. The van der Waals surface area contributed by atoms with Gasteiger partial charge in [-0.2, -0.15) is 0 Å². The van der Waals surface area contributed by atoms with Gasteiger partial charge in [-0.3, -0.25) is 0 Å². The summed E-state index contributed by atoms with van der Waals surface area (Å²) in [6.45, 7) is 2.23. The van der Waals surface area contributed by atoms with Crippen LogP contribution in [0.25, 0.3) is 0 Å². The zero-order valence-electron chi connectivity index (χ0n) is 10.5. The summed E-state index contributed by atoms with van der Waals surface area (Å²) < 4.78 is 0. The van der Waals surface area contributed by atoms with E-state index in [2.05, 4.69) is 6.92 Å². The van der Waals surface area contributed by atoms with Gasteiger partial charge in [0.05, 0.1) is 0 Å². The van der Waals surface area contributed by atoms with Gasteiger partial charge in [-0.25, -0.2) is 0 Å². The van der Waals surface area contributed by atoms with Crippen LogP contribution in [-0.2, 0) is 0 Å². The number of hydrogen-bond acceptors (Lipinski definition) is 3. The Kier molecular flexibility index (Phi) is 4.01. The van der Waals surface area contributed by atoms with Gasteiger partial charge in [-0.15, -0.1) is 0 Å². The Bertz CT molecular complexity index is 337. The number of fused-ring (bicyclic) bond motifs is 1. The van der Waals surface area contributed by atoms with Crippen molar-refractivity contribution in [2.24, 2.45) is 0 Å². The van der Waals surface area contributed by atoms with Gasteiger partial charge in [0.25, 0.3) is 0 Å². The van der Waals surface area contributed by atoms with Gasteiger partial charge in [0, 0.05) is 0 Å². The van der Waals surface area contributed by atoms with Crippen molar-refractivity contribution < 1.29 is 10.2 Å². The van der Waals surface area contributed by atoms with Crippen molar-refractivity contribution in [3.63, 3.8) is 0 Å². The molecule has 0 saturated carbocycles. The van der Waals surface area contributed by atoms with Crippen LogP contribution >= 0.6 is 11.8 Å². The van der Waals surface area contributed by atoms with Gasteiger partial charge in [-0.1, -0.05) is 56.9 Å². The molecular formula is C14H22O2S. The van der Waals surface area contributed by atoms with Crippen LogP contribution in [0, 0.1) is 0 Å². The number of hydrogen-bond donors (Lipinski definition) is 2. The maximum atomic E-state index is 9.94. The van der Waals surface area contributed by atoms with Gasteiger partial charge in [0.1, 0.15) is 0 Å². The van der Waals surface area contributed by atoms with Crippen molar-refractivity contribution in [2.45, 2.75) is 61.7 Å². The number of unbranched alkanes of at least 4 members (excludes halogenated alkanes) is 5. The van der Waals surface area contributed by atoms with Crippen LogP contribution in [0.3, 0.4) is 0 Å². The van der Waals surface area contributed by atoms with Crippen molar-refractivity contribution in [1.29, 1.82) is 0 Å². The molecule has 0 amide bonds. The summed E-state index contributed by atoms with van der Waals surface area (Å²) >= 11 is 1.21. The highest BCUT2D eigenvalue weighted by Crippen LogP contribution is 2.64. The predicted octanol–water partition coefficient (Wildman–Crippen LogP) is 3.36. The lowest BCUT2D eigenvalue weighted by atomic mass is 9.97. The Morgan fingerprint density at radius 2 is 1.76 bits per heavy atom. The fourth-order valence-electron chi connectivity index (χ4n) is 2.28. The topological polar surface area (TPSA) is 40.5 Å². The van der Waals surface area contributed by atoms with Crippen LogP contribution in [0.5, 0.6) is 0 Å². The zero-order chi connectivity index (χ0) is 12.4. The highest BCUT2D eigenvalue weighted by molar-refractivity contribution is 8.09. The molecule has 3 heteroatoms. The molecule has 17 heavy (non-hydrogen) atoms. The summed E-state index contributed by atoms with van der Waals surface area (Å²) in [6.07, 6.45) is 14.2. The highest BCUT2D eigenvalue weighted by atomic mass is 32.2. The standard InChI is InChI=1S/C14H22O2S/c1-2-3-4-5-6-7-8-12-9-10-13(15)14(16,11-12)17-13/h9-11,15-16H,2-8H2,1H3. The second-order valence-electron chi connectivity index (χ2n) is 5.07. The molecule has 1 fully saturated rings. The smallest absolute Gasteiger partial charge is 0.175 e. The molecule has 96 valence electrons. The Labute approximate surface area is 108 Å². The van der Waals surface area contributed by atoms with E-state index in [1.807, 2.05) is 12.2 Å². The normalized spacial score (nSPS) is 34.4. The van der Waals surface area contributed by atoms with Crippen molar-refractivity contribution in [3.8, 4) is 0 Å². The lowest BCUT2D eigenvalue weighted by Gasteiger charge is -2.13. The van der Waals surface area contributed by atoms with Crippen LogP contribution in [0.2, 0.25) is 0 Å². The summed E-state index contributed by atoms with van der Waals surface area (Å²) in [7, 11) is 0. The summed E-state index contributed by atoms with van der Waals surface area (Å²) in [4.78, 5) is -2.06. The monoisotopic (exact) mass is 254 g/mol. The molecule has 1 aliphatic heterocycles. The van der Waals surface area contributed by atoms with Crippen molar-refractivity contribution in [1.82, 2.24) is 0 Å². The molecule has 1 heterocycles. The second kappa shape index (κ2) is 5.17. The maximum absolute atomic E-state index is 9.94. The van der Waals surface area contributed by atoms with E-state index in [1.165, 1.54) is 50.3 Å². The largest absolute Gasteiger partial charge is 0.372 e. The van der Waals surface area contributed by atoms with Gasteiger partial charge in [0.2, 0.25) is 0 Å². The molecule has 2 unspecified atom stereocenters. The summed E-state index contributed by atoms with van der Waals surface area (Å²) in [5.41, 5.74) is 1.16. The minimum Gasteiger partial charge on any atom is -0.372 e. The first-order chi connectivity index (χ1) is 8.10. The quantitative estimate of drug-likeness (QED) is 0.540. The Morgan fingerprint density at radius 3 is 2.47 bits per heavy atom. The van der Waals surface area contributed by atoms with Crippen LogP contribution in [0.1, 0.15) is 51.9 Å². The molecular weight excluding hydrogens is 232 g/mol. The van der Waals surface area contributed by atoms with E-state index in [9.17, 15) is 10.2 Å². The highest BCUT2D eigenvalue weighted by Gasteiger charge is 2.66. The molecule has 0 radical (unpaired) electrons. The molecule has 0 aromatic rings. The molecule has 1 saturated heterocycles. The van der Waals surface area contributed by atoms with Gasteiger partial charge >= 0.3 is 0 Å². The molecule has 2 N–H and O–H groups in total. The maximum Gasteiger partial charge on any atom is 0.175 e. The van der Waals surface area contributed by atoms with Crippen LogP contribution in [0.4, 0.5) is 0 Å². The average Bonchev–Trinajstić information content (AvgIpc) is 2.86. The zero-order valence-corrected chi connectivity index (χ0v) is 11.3. The minimum atomic E-state index is -1.03. The van der Waals surface area contributed by atoms with E-state index >= 15 is 0 Å². The second-order valence-corrected chi connectivity index (χ2v) is 6.51. The molecule has 2 aliphatic rings. The Balaban J connectivity index is 1.66. The third-order valence-electron chi connectivity index (χ3n) is 3.51. The number of aliphatic hydroxyl groups is 2. The van der Waals surface area contributed by atoms with E-state index in [4.69, 9.17) is 0 Å². The fourth-order valence-corrected chi connectivity index (χ4v) is 3.18. The number of rotatable bonds is 7. The molecule has 0 spiro atoms. The number of thioether (sulfide) groups is 1. The van der Waals surface area contributed by atoms with E-state index in [-0.39, 0.29) is 0 Å². The van der Waals surface area contributed by atoms with Crippen molar-refractivity contribution in [3.05, 3.63) is 23.8 Å². The lowest BCUT2D eigenvalue weighted by Crippen LogP contribution is -2.23. The molecule has 2 rings (SSSR count). The molecule has 0 bridgehead atoms.